The lowest BCUT2D eigenvalue weighted by Gasteiger charge is -2.24. The molecule has 0 aliphatic rings. The second kappa shape index (κ2) is 8.09. The van der Waals surface area contributed by atoms with Crippen LogP contribution in [0.5, 0.6) is 0 Å². The van der Waals surface area contributed by atoms with E-state index in [1.54, 1.807) is 13.8 Å². The fourth-order valence-corrected chi connectivity index (χ4v) is 1.03. The Morgan fingerprint density at radius 3 is 1.79 bits per heavy atom. The van der Waals surface area contributed by atoms with Crippen LogP contribution in [-0.4, -0.2) is 18.8 Å². The second-order valence-electron chi connectivity index (χ2n) is 3.22. The summed E-state index contributed by atoms with van der Waals surface area (Å²) in [6.07, 6.45) is -3.40. The molecule has 0 saturated heterocycles. The largest absolute Gasteiger partial charge is 0.404 e. The van der Waals surface area contributed by atoms with Crippen molar-refractivity contribution in [1.82, 2.24) is 5.32 Å². The van der Waals surface area contributed by atoms with Crippen LogP contribution < -0.4 is 5.32 Å². The van der Waals surface area contributed by atoms with Gasteiger partial charge in [0, 0.05) is 0 Å². The summed E-state index contributed by atoms with van der Waals surface area (Å²) in [6.45, 7) is 9.41. The maximum Gasteiger partial charge on any atom is 0.404 e. The molecule has 0 bridgehead atoms. The number of hydrogen-bond acceptors (Lipinski definition) is 1. The van der Waals surface area contributed by atoms with Gasteiger partial charge < -0.3 is 5.32 Å². The van der Waals surface area contributed by atoms with E-state index in [1.165, 1.54) is 0 Å². The van der Waals surface area contributed by atoms with Gasteiger partial charge in [0.2, 0.25) is 0 Å². The van der Waals surface area contributed by atoms with E-state index in [-0.39, 0.29) is 0 Å². The Morgan fingerprint density at radius 2 is 1.57 bits per heavy atom. The molecule has 1 nitrogen and oxygen atoms in total. The van der Waals surface area contributed by atoms with Gasteiger partial charge in [-0.15, -0.1) is 0 Å². The van der Waals surface area contributed by atoms with Crippen molar-refractivity contribution in [2.24, 2.45) is 5.92 Å². The van der Waals surface area contributed by atoms with Gasteiger partial charge in [-0.3, -0.25) is 0 Å². The van der Waals surface area contributed by atoms with E-state index in [2.05, 4.69) is 5.32 Å². The maximum atomic E-state index is 12.2. The summed E-state index contributed by atoms with van der Waals surface area (Å²) in [5.74, 6) is -0.406. The molecule has 1 N–H and O–H groups in total. The van der Waals surface area contributed by atoms with E-state index in [9.17, 15) is 13.2 Å². The Bertz CT molecular complexity index is 121. The molecule has 0 radical (unpaired) electrons. The molecule has 1 atom stereocenters. The zero-order valence-corrected chi connectivity index (χ0v) is 9.70. The lowest BCUT2D eigenvalue weighted by atomic mass is 10.0. The lowest BCUT2D eigenvalue weighted by molar-refractivity contribution is -0.165. The van der Waals surface area contributed by atoms with E-state index in [1.807, 2.05) is 20.8 Å². The first kappa shape index (κ1) is 16.2. The quantitative estimate of drug-likeness (QED) is 0.752. The highest BCUT2D eigenvalue weighted by molar-refractivity contribution is 4.77. The average molecular weight is 213 g/mol. The van der Waals surface area contributed by atoms with Crippen molar-refractivity contribution >= 4 is 0 Å². The Hall–Kier alpha value is -0.250. The van der Waals surface area contributed by atoms with Crippen LogP contribution >= 0.6 is 0 Å². The summed E-state index contributed by atoms with van der Waals surface area (Å²) in [6, 6.07) is -1.36. The molecule has 0 aliphatic carbocycles. The molecule has 14 heavy (non-hydrogen) atoms. The number of hydrogen-bond donors (Lipinski definition) is 1. The van der Waals surface area contributed by atoms with Crippen molar-refractivity contribution in [2.75, 3.05) is 6.54 Å². The Morgan fingerprint density at radius 1 is 1.14 bits per heavy atom. The number of rotatable bonds is 4. The number of nitrogens with one attached hydrogen (secondary N) is 1. The minimum atomic E-state index is -4.12. The summed E-state index contributed by atoms with van der Waals surface area (Å²) in [5, 5.41) is 2.48. The first-order chi connectivity index (χ1) is 6.39. The van der Waals surface area contributed by atoms with Gasteiger partial charge in [-0.25, -0.2) is 0 Å². The molecule has 0 aromatic rings. The minimum absolute atomic E-state index is 0.406. The SMILES string of the molecule is CC.CCCNC(C(C)C)C(F)(F)F. The average Bonchev–Trinajstić information content (AvgIpc) is 2.05. The summed E-state index contributed by atoms with van der Waals surface area (Å²) >= 11 is 0. The fourth-order valence-electron chi connectivity index (χ4n) is 1.03. The van der Waals surface area contributed by atoms with Gasteiger partial charge in [0.15, 0.2) is 0 Å². The van der Waals surface area contributed by atoms with Crippen LogP contribution in [0.2, 0.25) is 0 Å². The van der Waals surface area contributed by atoms with Crippen LogP contribution in [0.25, 0.3) is 0 Å². The van der Waals surface area contributed by atoms with E-state index >= 15 is 0 Å². The molecular weight excluding hydrogens is 191 g/mol. The lowest BCUT2D eigenvalue weighted by Crippen LogP contribution is -2.46. The van der Waals surface area contributed by atoms with Crippen molar-refractivity contribution < 1.29 is 13.2 Å². The van der Waals surface area contributed by atoms with Crippen LogP contribution in [0.3, 0.4) is 0 Å². The van der Waals surface area contributed by atoms with Crippen LogP contribution in [0.15, 0.2) is 0 Å². The molecule has 0 aliphatic heterocycles. The smallest absolute Gasteiger partial charge is 0.306 e. The summed E-state index contributed by atoms with van der Waals surface area (Å²) in [7, 11) is 0. The second-order valence-corrected chi connectivity index (χ2v) is 3.22. The summed E-state index contributed by atoms with van der Waals surface area (Å²) in [5.41, 5.74) is 0. The molecule has 0 aromatic heterocycles. The summed E-state index contributed by atoms with van der Waals surface area (Å²) in [4.78, 5) is 0. The Balaban J connectivity index is 0. The van der Waals surface area contributed by atoms with Crippen molar-refractivity contribution in [3.63, 3.8) is 0 Å². The Kier molecular flexibility index (Phi) is 9.36. The normalized spacial score (nSPS) is 13.5. The van der Waals surface area contributed by atoms with Crippen molar-refractivity contribution in [1.29, 1.82) is 0 Å². The molecule has 0 fully saturated rings. The predicted molar refractivity (Wildman–Crippen MR) is 54.3 cm³/mol. The molecule has 0 heterocycles. The van der Waals surface area contributed by atoms with Crippen LogP contribution in [0.1, 0.15) is 41.0 Å². The van der Waals surface area contributed by atoms with Gasteiger partial charge in [0.05, 0.1) is 0 Å². The molecule has 1 unspecified atom stereocenters. The van der Waals surface area contributed by atoms with Crippen molar-refractivity contribution in [2.45, 2.75) is 53.3 Å². The van der Waals surface area contributed by atoms with Crippen LogP contribution in [0, 0.1) is 5.92 Å². The van der Waals surface area contributed by atoms with Crippen molar-refractivity contribution in [3.05, 3.63) is 0 Å². The first-order valence-electron chi connectivity index (χ1n) is 5.19. The van der Waals surface area contributed by atoms with Crippen LogP contribution in [0.4, 0.5) is 13.2 Å². The molecule has 0 rings (SSSR count). The number of alkyl halides is 3. The molecule has 4 heteroatoms. The standard InChI is InChI=1S/C8H16F3N.C2H6/c1-4-5-12-7(6(2)3)8(9,10)11;1-2/h6-7,12H,4-5H2,1-3H3;1-2H3. The molecular formula is C10H22F3N. The van der Waals surface area contributed by atoms with Gasteiger partial charge in [-0.1, -0.05) is 34.6 Å². The highest BCUT2D eigenvalue weighted by Gasteiger charge is 2.40. The van der Waals surface area contributed by atoms with Gasteiger partial charge in [0.1, 0.15) is 6.04 Å². The topological polar surface area (TPSA) is 12.0 Å². The zero-order valence-electron chi connectivity index (χ0n) is 9.70. The molecule has 0 aromatic carbocycles. The van der Waals surface area contributed by atoms with E-state index in [0.717, 1.165) is 6.42 Å². The van der Waals surface area contributed by atoms with E-state index < -0.39 is 18.1 Å². The van der Waals surface area contributed by atoms with Gasteiger partial charge in [-0.2, -0.15) is 13.2 Å². The van der Waals surface area contributed by atoms with E-state index in [4.69, 9.17) is 0 Å². The first-order valence-corrected chi connectivity index (χ1v) is 5.19. The molecule has 0 spiro atoms. The molecule has 88 valence electrons. The summed E-state index contributed by atoms with van der Waals surface area (Å²) < 4.78 is 36.7. The van der Waals surface area contributed by atoms with Gasteiger partial charge >= 0.3 is 6.18 Å². The zero-order chi connectivity index (χ0) is 11.8. The van der Waals surface area contributed by atoms with Gasteiger partial charge in [-0.05, 0) is 18.9 Å². The van der Waals surface area contributed by atoms with Gasteiger partial charge in [0.25, 0.3) is 0 Å². The monoisotopic (exact) mass is 213 g/mol. The highest BCUT2D eigenvalue weighted by atomic mass is 19.4. The predicted octanol–water partition coefficient (Wildman–Crippen LogP) is 3.60. The van der Waals surface area contributed by atoms with E-state index in [0.29, 0.717) is 6.54 Å². The third-order valence-corrected chi connectivity index (χ3v) is 1.63. The third kappa shape index (κ3) is 7.18. The minimum Gasteiger partial charge on any atom is -0.306 e. The highest BCUT2D eigenvalue weighted by Crippen LogP contribution is 2.25. The number of halogens is 3. The maximum absolute atomic E-state index is 12.2. The molecule has 0 amide bonds. The molecule has 0 saturated carbocycles. The Labute approximate surface area is 85.1 Å². The third-order valence-electron chi connectivity index (χ3n) is 1.63. The van der Waals surface area contributed by atoms with Crippen LogP contribution in [-0.2, 0) is 0 Å². The van der Waals surface area contributed by atoms with Crippen molar-refractivity contribution in [3.8, 4) is 0 Å². The fraction of sp³-hybridized carbons (Fsp3) is 1.00.